The summed E-state index contributed by atoms with van der Waals surface area (Å²) in [4.78, 5) is 2.29. The van der Waals surface area contributed by atoms with Gasteiger partial charge in [-0.2, -0.15) is 0 Å². The van der Waals surface area contributed by atoms with Crippen molar-refractivity contribution in [2.24, 2.45) is 5.92 Å². The van der Waals surface area contributed by atoms with Gasteiger partial charge in [-0.25, -0.2) is 0 Å². The Balaban J connectivity index is 2.37. The molecule has 0 saturated heterocycles. The first-order chi connectivity index (χ1) is 7.13. The smallest absolute Gasteiger partial charge is 0.0321 e. The van der Waals surface area contributed by atoms with Crippen molar-refractivity contribution in [3.05, 3.63) is 37.3 Å². The molecule has 0 aromatic carbocycles. The third kappa shape index (κ3) is 3.82. The summed E-state index contributed by atoms with van der Waals surface area (Å²) in [6.07, 6.45) is 9.71. The average Bonchev–Trinajstić information content (AvgIpc) is 2.62. The Labute approximate surface area is 93.4 Å². The van der Waals surface area contributed by atoms with Crippen LogP contribution in [0.1, 0.15) is 26.2 Å². The maximum absolute atomic E-state index is 3.86. The van der Waals surface area contributed by atoms with Crippen LogP contribution in [0.15, 0.2) is 37.3 Å². The minimum absolute atomic E-state index is 0.702. The molecule has 0 aromatic heterocycles. The van der Waals surface area contributed by atoms with E-state index in [0.717, 1.165) is 11.6 Å². The van der Waals surface area contributed by atoms with Crippen molar-refractivity contribution in [3.63, 3.8) is 0 Å². The number of nitrogens with zero attached hydrogens (tertiary/aromatic N) is 1. The van der Waals surface area contributed by atoms with E-state index >= 15 is 0 Å². The summed E-state index contributed by atoms with van der Waals surface area (Å²) in [5.41, 5.74) is 0.878. The SMILES string of the molecule is C=CNC(=C)/C=C\N(C)C1CCC(C)C1. The van der Waals surface area contributed by atoms with Crippen molar-refractivity contribution in [3.8, 4) is 0 Å². The van der Waals surface area contributed by atoms with Crippen LogP contribution in [0.5, 0.6) is 0 Å². The molecule has 2 atom stereocenters. The predicted octanol–water partition coefficient (Wildman–Crippen LogP) is 2.87. The topological polar surface area (TPSA) is 15.3 Å². The Bertz CT molecular complexity index is 255. The second kappa shape index (κ2) is 5.64. The van der Waals surface area contributed by atoms with E-state index in [9.17, 15) is 0 Å². The molecule has 2 heteroatoms. The third-order valence-corrected chi connectivity index (χ3v) is 3.04. The maximum Gasteiger partial charge on any atom is 0.0321 e. The molecule has 84 valence electrons. The van der Waals surface area contributed by atoms with Gasteiger partial charge in [-0.05, 0) is 37.5 Å². The molecule has 0 aliphatic heterocycles. The number of hydrogen-bond acceptors (Lipinski definition) is 2. The molecular weight excluding hydrogens is 184 g/mol. The van der Waals surface area contributed by atoms with Crippen molar-refractivity contribution >= 4 is 0 Å². The van der Waals surface area contributed by atoms with Gasteiger partial charge < -0.3 is 10.2 Å². The van der Waals surface area contributed by atoms with E-state index in [-0.39, 0.29) is 0 Å². The van der Waals surface area contributed by atoms with E-state index in [1.807, 2.05) is 6.08 Å². The third-order valence-electron chi connectivity index (χ3n) is 3.04. The van der Waals surface area contributed by atoms with Crippen LogP contribution in [-0.4, -0.2) is 18.0 Å². The zero-order valence-electron chi connectivity index (χ0n) is 9.87. The highest BCUT2D eigenvalue weighted by molar-refractivity contribution is 5.13. The monoisotopic (exact) mass is 206 g/mol. The average molecular weight is 206 g/mol. The molecule has 0 bridgehead atoms. The number of allylic oxidation sites excluding steroid dienone is 1. The molecule has 0 heterocycles. The molecule has 2 unspecified atom stereocenters. The van der Waals surface area contributed by atoms with Gasteiger partial charge in [0.1, 0.15) is 0 Å². The largest absolute Gasteiger partial charge is 0.377 e. The van der Waals surface area contributed by atoms with Crippen molar-refractivity contribution in [2.75, 3.05) is 7.05 Å². The van der Waals surface area contributed by atoms with Crippen molar-refractivity contribution < 1.29 is 0 Å². The van der Waals surface area contributed by atoms with Crippen LogP contribution < -0.4 is 5.32 Å². The van der Waals surface area contributed by atoms with E-state index < -0.39 is 0 Å². The molecular formula is C13H22N2. The molecule has 0 amide bonds. The highest BCUT2D eigenvalue weighted by atomic mass is 15.1. The van der Waals surface area contributed by atoms with Gasteiger partial charge in [-0.15, -0.1) is 0 Å². The number of hydrogen-bond donors (Lipinski definition) is 1. The highest BCUT2D eigenvalue weighted by Gasteiger charge is 2.22. The fourth-order valence-corrected chi connectivity index (χ4v) is 2.06. The second-order valence-corrected chi connectivity index (χ2v) is 4.43. The van der Waals surface area contributed by atoms with Crippen LogP contribution in [-0.2, 0) is 0 Å². The van der Waals surface area contributed by atoms with Gasteiger partial charge in [0.15, 0.2) is 0 Å². The predicted molar refractivity (Wildman–Crippen MR) is 66.2 cm³/mol. The quantitative estimate of drug-likeness (QED) is 0.696. The molecule has 1 saturated carbocycles. The van der Waals surface area contributed by atoms with E-state index in [0.29, 0.717) is 6.04 Å². The molecule has 1 rings (SSSR count). The van der Waals surface area contributed by atoms with Crippen LogP contribution >= 0.6 is 0 Å². The number of rotatable bonds is 5. The van der Waals surface area contributed by atoms with Gasteiger partial charge in [0.2, 0.25) is 0 Å². The molecule has 0 aromatic rings. The summed E-state index contributed by atoms with van der Waals surface area (Å²) in [6, 6.07) is 0.702. The summed E-state index contributed by atoms with van der Waals surface area (Å²) in [6.45, 7) is 9.79. The molecule has 0 radical (unpaired) electrons. The fraction of sp³-hybridized carbons (Fsp3) is 0.538. The summed E-state index contributed by atoms with van der Waals surface area (Å²) >= 11 is 0. The summed E-state index contributed by atoms with van der Waals surface area (Å²) < 4.78 is 0. The normalized spacial score (nSPS) is 25.5. The zero-order chi connectivity index (χ0) is 11.3. The lowest BCUT2D eigenvalue weighted by Crippen LogP contribution is -2.24. The Hall–Kier alpha value is -1.18. The first-order valence-corrected chi connectivity index (χ1v) is 5.60. The summed E-state index contributed by atoms with van der Waals surface area (Å²) in [5.74, 6) is 0.875. The first kappa shape index (κ1) is 11.9. The van der Waals surface area contributed by atoms with Crippen molar-refractivity contribution in [1.82, 2.24) is 10.2 Å². The van der Waals surface area contributed by atoms with E-state index in [1.54, 1.807) is 6.20 Å². The van der Waals surface area contributed by atoms with E-state index in [2.05, 4.69) is 43.5 Å². The van der Waals surface area contributed by atoms with Gasteiger partial charge in [0.05, 0.1) is 0 Å². The van der Waals surface area contributed by atoms with Gasteiger partial charge in [0.25, 0.3) is 0 Å². The minimum Gasteiger partial charge on any atom is -0.377 e. The number of nitrogens with one attached hydrogen (secondary N) is 1. The second-order valence-electron chi connectivity index (χ2n) is 4.43. The minimum atomic E-state index is 0.702. The Morgan fingerprint density at radius 1 is 1.47 bits per heavy atom. The molecule has 0 spiro atoms. The lowest BCUT2D eigenvalue weighted by molar-refractivity contribution is 0.327. The molecule has 1 fully saturated rings. The van der Waals surface area contributed by atoms with Crippen LogP contribution in [0, 0.1) is 5.92 Å². The lowest BCUT2D eigenvalue weighted by Gasteiger charge is -2.22. The Morgan fingerprint density at radius 3 is 2.73 bits per heavy atom. The lowest BCUT2D eigenvalue weighted by atomic mass is 10.1. The van der Waals surface area contributed by atoms with Crippen LogP contribution in [0.2, 0.25) is 0 Å². The Morgan fingerprint density at radius 2 is 2.20 bits per heavy atom. The Kier molecular flexibility index (Phi) is 4.47. The van der Waals surface area contributed by atoms with Crippen LogP contribution in [0.3, 0.4) is 0 Å². The van der Waals surface area contributed by atoms with Gasteiger partial charge in [0, 0.05) is 25.0 Å². The standard InChI is InChI=1S/C13H22N2/c1-5-14-12(3)8-9-15(4)13-7-6-11(2)10-13/h5,8-9,11,13-14H,1,3,6-7,10H2,2,4H3/b9-8-. The van der Waals surface area contributed by atoms with Gasteiger partial charge >= 0.3 is 0 Å². The summed E-state index contributed by atoms with van der Waals surface area (Å²) in [7, 11) is 2.14. The van der Waals surface area contributed by atoms with Crippen molar-refractivity contribution in [2.45, 2.75) is 32.2 Å². The van der Waals surface area contributed by atoms with Crippen molar-refractivity contribution in [1.29, 1.82) is 0 Å². The van der Waals surface area contributed by atoms with E-state index in [4.69, 9.17) is 0 Å². The van der Waals surface area contributed by atoms with Crippen LogP contribution in [0.25, 0.3) is 0 Å². The molecule has 15 heavy (non-hydrogen) atoms. The van der Waals surface area contributed by atoms with E-state index in [1.165, 1.54) is 19.3 Å². The van der Waals surface area contributed by atoms with Gasteiger partial charge in [-0.1, -0.05) is 20.1 Å². The van der Waals surface area contributed by atoms with Crippen LogP contribution in [0.4, 0.5) is 0 Å². The zero-order valence-corrected chi connectivity index (χ0v) is 9.87. The fourth-order valence-electron chi connectivity index (χ4n) is 2.06. The molecule has 1 N–H and O–H groups in total. The highest BCUT2D eigenvalue weighted by Crippen LogP contribution is 2.28. The first-order valence-electron chi connectivity index (χ1n) is 5.60. The summed E-state index contributed by atoms with van der Waals surface area (Å²) in [5, 5.41) is 2.96. The van der Waals surface area contributed by atoms with Gasteiger partial charge in [-0.3, -0.25) is 0 Å². The maximum atomic E-state index is 3.86. The molecule has 1 aliphatic rings. The molecule has 1 aliphatic carbocycles. The molecule has 2 nitrogen and oxygen atoms in total.